The third-order valence-corrected chi connectivity index (χ3v) is 5.76. The summed E-state index contributed by atoms with van der Waals surface area (Å²) in [4.78, 5) is 9.20. The van der Waals surface area contributed by atoms with Crippen LogP contribution in [0.3, 0.4) is 0 Å². The van der Waals surface area contributed by atoms with Gasteiger partial charge in [0.05, 0.1) is 11.7 Å². The summed E-state index contributed by atoms with van der Waals surface area (Å²) in [6.45, 7) is 5.81. The number of hydrogen-bond acceptors (Lipinski definition) is 7. The fraction of sp³-hybridized carbons (Fsp3) is 0.304. The Labute approximate surface area is 203 Å². The van der Waals surface area contributed by atoms with Crippen LogP contribution in [0.2, 0.25) is 0 Å². The zero-order chi connectivity index (χ0) is 21.2. The summed E-state index contributed by atoms with van der Waals surface area (Å²) in [6.07, 6.45) is 3.67. The zero-order valence-corrected chi connectivity index (χ0v) is 19.9. The molecule has 0 aliphatic carbocycles. The molecule has 0 saturated carbocycles. The first-order valence-corrected chi connectivity index (χ1v) is 10.4. The summed E-state index contributed by atoms with van der Waals surface area (Å²) in [5.74, 6) is 1.26. The van der Waals surface area contributed by atoms with Crippen LogP contribution in [0, 0.1) is 0 Å². The van der Waals surface area contributed by atoms with Crippen LogP contribution in [0.1, 0.15) is 0 Å². The van der Waals surface area contributed by atoms with Crippen molar-refractivity contribution < 1.29 is 14.4 Å². The molecular weight excluding hydrogens is 465 g/mol. The number of ether oxygens (including phenoxy) is 1. The van der Waals surface area contributed by atoms with Gasteiger partial charge in [-0.05, 0) is 43.4 Å². The number of benzene rings is 1. The topological polar surface area (TPSA) is 78.7 Å². The molecule has 1 aliphatic rings. The van der Waals surface area contributed by atoms with Gasteiger partial charge in [0, 0.05) is 50.5 Å². The van der Waals surface area contributed by atoms with E-state index in [9.17, 15) is 5.21 Å². The van der Waals surface area contributed by atoms with Gasteiger partial charge in [-0.2, -0.15) is 0 Å². The Morgan fingerprint density at radius 1 is 1.09 bits per heavy atom. The van der Waals surface area contributed by atoms with Gasteiger partial charge in [0.2, 0.25) is 0 Å². The number of rotatable bonds is 5. The van der Waals surface area contributed by atoms with Crippen LogP contribution in [-0.4, -0.2) is 70.8 Å². The van der Waals surface area contributed by atoms with Gasteiger partial charge in [0.25, 0.3) is 0 Å². The first-order valence-electron chi connectivity index (χ1n) is 10.4. The van der Waals surface area contributed by atoms with Crippen molar-refractivity contribution in [3.63, 3.8) is 0 Å². The van der Waals surface area contributed by atoms with Crippen molar-refractivity contribution >= 4 is 41.3 Å². The molecule has 1 aliphatic heterocycles. The molecule has 0 bridgehead atoms. The molecule has 5 rings (SSSR count). The minimum Gasteiger partial charge on any atom is -0.492 e. The predicted octanol–water partition coefficient (Wildman–Crippen LogP) is 3.51. The van der Waals surface area contributed by atoms with E-state index < -0.39 is 0 Å². The van der Waals surface area contributed by atoms with E-state index in [0.29, 0.717) is 34.4 Å². The Bertz CT molecular complexity index is 1280. The van der Waals surface area contributed by atoms with Gasteiger partial charge in [0.1, 0.15) is 29.0 Å². The van der Waals surface area contributed by atoms with E-state index in [1.165, 1.54) is 0 Å². The molecule has 1 fully saturated rings. The Morgan fingerprint density at radius 3 is 2.70 bits per heavy atom. The highest BCUT2D eigenvalue weighted by atomic mass is 35.5. The van der Waals surface area contributed by atoms with Crippen molar-refractivity contribution in [1.29, 1.82) is 0 Å². The maximum atomic E-state index is 9.61. The third kappa shape index (κ3) is 5.42. The second-order valence-corrected chi connectivity index (χ2v) is 7.86. The summed E-state index contributed by atoms with van der Waals surface area (Å²) in [5, 5.41) is 14.2. The minimum atomic E-state index is 0. The Hall–Kier alpha value is -2.78. The Balaban J connectivity index is 0.00000153. The summed E-state index contributed by atoms with van der Waals surface area (Å²) < 4.78 is 14.0. The largest absolute Gasteiger partial charge is 0.492 e. The lowest BCUT2D eigenvalue weighted by Gasteiger charge is -2.32. The van der Waals surface area contributed by atoms with Crippen LogP contribution in [0.25, 0.3) is 27.9 Å². The van der Waals surface area contributed by atoms with E-state index in [1.54, 1.807) is 12.4 Å². The molecule has 1 N–H and O–H groups in total. The summed E-state index contributed by atoms with van der Waals surface area (Å²) >= 11 is 0. The molecule has 0 unspecified atom stereocenters. The molecule has 0 amide bonds. The van der Waals surface area contributed by atoms with Crippen LogP contribution in [0.15, 0.2) is 64.6 Å². The van der Waals surface area contributed by atoms with Crippen molar-refractivity contribution in [2.45, 2.75) is 0 Å². The summed E-state index contributed by atoms with van der Waals surface area (Å²) in [5.41, 5.74) is 2.28. The molecule has 1 aromatic carbocycles. The molecule has 8 nitrogen and oxygen atoms in total. The Morgan fingerprint density at radius 2 is 1.91 bits per heavy atom. The van der Waals surface area contributed by atoms with Gasteiger partial charge in [-0.3, -0.25) is 4.90 Å². The van der Waals surface area contributed by atoms with Crippen LogP contribution in [-0.2, 0) is 0 Å². The predicted molar refractivity (Wildman–Crippen MR) is 132 cm³/mol. The average Bonchev–Trinajstić information content (AvgIpc) is 3.27. The smallest absolute Gasteiger partial charge is 0.155 e. The van der Waals surface area contributed by atoms with Gasteiger partial charge in [-0.15, -0.1) is 24.8 Å². The van der Waals surface area contributed by atoms with Gasteiger partial charge in [0.15, 0.2) is 5.76 Å². The molecule has 10 heteroatoms. The first kappa shape index (κ1) is 24.9. The zero-order valence-electron chi connectivity index (χ0n) is 18.3. The highest BCUT2D eigenvalue weighted by molar-refractivity contribution is 5.85. The second-order valence-electron chi connectivity index (χ2n) is 7.86. The van der Waals surface area contributed by atoms with E-state index in [4.69, 9.17) is 9.15 Å². The summed E-state index contributed by atoms with van der Waals surface area (Å²) in [6, 6.07) is 13.2. The van der Waals surface area contributed by atoms with Gasteiger partial charge < -0.3 is 23.7 Å². The number of halogens is 2. The highest BCUT2D eigenvalue weighted by Gasteiger charge is 2.14. The molecule has 1 saturated heterocycles. The first-order chi connectivity index (χ1) is 15.2. The fourth-order valence-electron chi connectivity index (χ4n) is 3.88. The van der Waals surface area contributed by atoms with Crippen molar-refractivity contribution in [3.05, 3.63) is 60.3 Å². The lowest BCUT2D eigenvalue weighted by molar-refractivity contribution is 0.134. The van der Waals surface area contributed by atoms with Crippen LogP contribution >= 0.6 is 24.8 Å². The van der Waals surface area contributed by atoms with Crippen molar-refractivity contribution in [2.24, 2.45) is 5.16 Å². The SMILES string of the molecule is CN1CCN(CCOc2ccc3oc(-c4cc5cccn5cn4)cc(=NO)c3c2)CC1.Cl.Cl. The molecular formula is C23H27Cl2N5O3. The Kier molecular flexibility index (Phi) is 8.20. The van der Waals surface area contributed by atoms with Crippen LogP contribution < -0.4 is 10.1 Å². The molecule has 4 aromatic rings. The molecule has 4 heterocycles. The van der Waals surface area contributed by atoms with Gasteiger partial charge >= 0.3 is 0 Å². The monoisotopic (exact) mass is 491 g/mol. The van der Waals surface area contributed by atoms with Gasteiger partial charge in [-0.25, -0.2) is 4.98 Å². The third-order valence-electron chi connectivity index (χ3n) is 5.76. The molecule has 33 heavy (non-hydrogen) atoms. The van der Waals surface area contributed by atoms with Gasteiger partial charge in [-0.1, -0.05) is 5.16 Å². The van der Waals surface area contributed by atoms with Crippen LogP contribution in [0.5, 0.6) is 5.75 Å². The number of piperazine rings is 1. The summed E-state index contributed by atoms with van der Waals surface area (Å²) in [7, 11) is 2.15. The number of likely N-dealkylation sites (N-methyl/N-ethyl adjacent to an activating group) is 1. The maximum absolute atomic E-state index is 9.61. The van der Waals surface area contributed by atoms with E-state index in [1.807, 2.05) is 47.0 Å². The molecule has 176 valence electrons. The standard InChI is InChI=1S/C23H25N5O3.2ClH/c1-26-7-9-27(10-8-26)11-12-30-18-4-5-22-19(14-18)20(25-29)15-23(31-22)21-13-17-3-2-6-28(17)16-24-21;;/h2-6,13-16,29H,7-12H2,1H3;2*1H. The van der Waals surface area contributed by atoms with Crippen LogP contribution in [0.4, 0.5) is 0 Å². The maximum Gasteiger partial charge on any atom is 0.155 e. The van der Waals surface area contributed by atoms with E-state index in [2.05, 4.69) is 27.0 Å². The lowest BCUT2D eigenvalue weighted by Crippen LogP contribution is -2.45. The second kappa shape index (κ2) is 10.9. The van der Waals surface area contributed by atoms with Crippen molar-refractivity contribution in [2.75, 3.05) is 46.4 Å². The van der Waals surface area contributed by atoms with Crippen molar-refractivity contribution in [1.82, 2.24) is 19.2 Å². The van der Waals surface area contributed by atoms with E-state index >= 15 is 0 Å². The van der Waals surface area contributed by atoms with Crippen molar-refractivity contribution in [3.8, 4) is 17.2 Å². The number of hydrogen-bond donors (Lipinski definition) is 1. The number of aromatic nitrogens is 2. The number of nitrogens with zero attached hydrogens (tertiary/aromatic N) is 5. The molecule has 0 spiro atoms. The average molecular weight is 492 g/mol. The minimum absolute atomic E-state index is 0. The quantitative estimate of drug-likeness (QED) is 0.340. The molecule has 0 atom stereocenters. The molecule has 0 radical (unpaired) electrons. The highest BCUT2D eigenvalue weighted by Crippen LogP contribution is 2.24. The molecule has 3 aromatic heterocycles. The lowest BCUT2D eigenvalue weighted by atomic mass is 10.2. The van der Waals surface area contributed by atoms with E-state index in [-0.39, 0.29) is 24.8 Å². The van der Waals surface area contributed by atoms with E-state index in [0.717, 1.165) is 44.0 Å². The fourth-order valence-corrected chi connectivity index (χ4v) is 3.88. The number of fused-ring (bicyclic) bond motifs is 2. The normalized spacial score (nSPS) is 15.4.